The Labute approximate surface area is 101 Å². The first-order chi connectivity index (χ1) is 8.16. The number of halogens is 1. The van der Waals surface area contributed by atoms with Crippen LogP contribution in [0.15, 0.2) is 18.2 Å². The molecule has 1 heterocycles. The van der Waals surface area contributed by atoms with Gasteiger partial charge in [-0.3, -0.25) is 0 Å². The van der Waals surface area contributed by atoms with Gasteiger partial charge in [-0.15, -0.1) is 0 Å². The van der Waals surface area contributed by atoms with Crippen molar-refractivity contribution >= 4 is 0 Å². The van der Waals surface area contributed by atoms with Crippen molar-refractivity contribution in [1.82, 2.24) is 0 Å². The molecule has 0 aromatic heterocycles. The highest BCUT2D eigenvalue weighted by Crippen LogP contribution is 2.26. The van der Waals surface area contributed by atoms with Gasteiger partial charge in [-0.1, -0.05) is 17.7 Å². The maximum Gasteiger partial charge on any atom is 0.129 e. The van der Waals surface area contributed by atoms with E-state index in [2.05, 4.69) is 0 Å². The van der Waals surface area contributed by atoms with Gasteiger partial charge in [-0.05, 0) is 32.3 Å². The number of ether oxygens (including phenoxy) is 1. The Bertz CT molecular complexity index is 372. The molecule has 2 rings (SSSR count). The molecular weight excluding hydrogens is 219 g/mol. The smallest absolute Gasteiger partial charge is 0.129 e. The van der Waals surface area contributed by atoms with E-state index < -0.39 is 6.10 Å². The van der Waals surface area contributed by atoms with Crippen molar-refractivity contribution in [3.63, 3.8) is 0 Å². The third kappa shape index (κ3) is 3.27. The van der Waals surface area contributed by atoms with Crippen molar-refractivity contribution in [2.75, 3.05) is 6.61 Å². The molecule has 0 radical (unpaired) electrons. The fourth-order valence-corrected chi connectivity index (χ4v) is 2.29. The summed E-state index contributed by atoms with van der Waals surface area (Å²) in [6, 6.07) is 4.83. The van der Waals surface area contributed by atoms with Crippen molar-refractivity contribution in [2.24, 2.45) is 0 Å². The molecule has 94 valence electrons. The van der Waals surface area contributed by atoms with E-state index >= 15 is 0 Å². The Kier molecular flexibility index (Phi) is 4.13. The fraction of sp³-hybridized carbons (Fsp3) is 0.571. The minimum atomic E-state index is -0.766. The minimum absolute atomic E-state index is 0.0682. The molecule has 1 aromatic carbocycles. The number of rotatable bonds is 3. The Morgan fingerprint density at radius 2 is 2.29 bits per heavy atom. The van der Waals surface area contributed by atoms with E-state index in [0.717, 1.165) is 31.4 Å². The summed E-state index contributed by atoms with van der Waals surface area (Å²) < 4.78 is 19.1. The normalized spacial score (nSPS) is 22.4. The van der Waals surface area contributed by atoms with Crippen LogP contribution in [0.1, 0.15) is 42.9 Å². The second-order valence-electron chi connectivity index (χ2n) is 4.77. The average molecular weight is 238 g/mol. The van der Waals surface area contributed by atoms with E-state index in [0.29, 0.717) is 12.0 Å². The fourth-order valence-electron chi connectivity index (χ4n) is 2.29. The second kappa shape index (κ2) is 5.61. The van der Waals surface area contributed by atoms with Crippen LogP contribution in [0, 0.1) is 12.7 Å². The molecule has 1 aromatic rings. The van der Waals surface area contributed by atoms with E-state index in [1.165, 1.54) is 6.07 Å². The number of aryl methyl sites for hydroxylation is 1. The van der Waals surface area contributed by atoms with Gasteiger partial charge >= 0.3 is 0 Å². The maximum atomic E-state index is 13.6. The van der Waals surface area contributed by atoms with E-state index in [9.17, 15) is 9.50 Å². The number of aliphatic hydroxyl groups is 1. The molecule has 0 amide bonds. The predicted octanol–water partition coefficient (Wildman–Crippen LogP) is 3.13. The van der Waals surface area contributed by atoms with Gasteiger partial charge in [-0.25, -0.2) is 4.39 Å². The summed E-state index contributed by atoms with van der Waals surface area (Å²) >= 11 is 0. The summed E-state index contributed by atoms with van der Waals surface area (Å²) in [5, 5.41) is 10.1. The molecule has 1 N–H and O–H groups in total. The molecule has 2 nitrogen and oxygen atoms in total. The van der Waals surface area contributed by atoms with Crippen molar-refractivity contribution < 1.29 is 14.2 Å². The van der Waals surface area contributed by atoms with Crippen LogP contribution in [0.3, 0.4) is 0 Å². The molecule has 1 aliphatic rings. The summed E-state index contributed by atoms with van der Waals surface area (Å²) in [4.78, 5) is 0. The Balaban J connectivity index is 2.02. The van der Waals surface area contributed by atoms with Crippen LogP contribution in [0.25, 0.3) is 0 Å². The molecule has 2 atom stereocenters. The molecule has 0 spiro atoms. The molecule has 3 heteroatoms. The third-order valence-corrected chi connectivity index (χ3v) is 3.27. The average Bonchev–Trinajstić information content (AvgIpc) is 2.33. The molecule has 0 bridgehead atoms. The summed E-state index contributed by atoms with van der Waals surface area (Å²) in [6.45, 7) is 2.65. The lowest BCUT2D eigenvalue weighted by molar-refractivity contribution is -0.0161. The molecule has 1 fully saturated rings. The van der Waals surface area contributed by atoms with Gasteiger partial charge in [0.05, 0.1) is 12.2 Å². The van der Waals surface area contributed by atoms with E-state index in [1.807, 2.05) is 6.92 Å². The quantitative estimate of drug-likeness (QED) is 0.876. The van der Waals surface area contributed by atoms with Crippen LogP contribution in [-0.4, -0.2) is 17.8 Å². The Hall–Kier alpha value is -0.930. The lowest BCUT2D eigenvalue weighted by Crippen LogP contribution is -2.22. The van der Waals surface area contributed by atoms with Crippen LogP contribution in [-0.2, 0) is 4.74 Å². The first-order valence-electron chi connectivity index (χ1n) is 6.22. The predicted molar refractivity (Wildman–Crippen MR) is 64.3 cm³/mol. The standard InChI is InChI=1S/C14H19FO2/c1-10-5-6-13(15)12(8-10)14(16)9-11-4-2-3-7-17-11/h5-6,8,11,14,16H,2-4,7,9H2,1H3. The first kappa shape index (κ1) is 12.5. The van der Waals surface area contributed by atoms with Crippen LogP contribution in [0.4, 0.5) is 4.39 Å². The van der Waals surface area contributed by atoms with Gasteiger partial charge in [0.1, 0.15) is 5.82 Å². The van der Waals surface area contributed by atoms with Crippen LogP contribution in [0.2, 0.25) is 0 Å². The molecule has 0 saturated carbocycles. The molecule has 2 unspecified atom stereocenters. The van der Waals surface area contributed by atoms with Gasteiger partial charge in [0.25, 0.3) is 0 Å². The number of aliphatic hydroxyl groups excluding tert-OH is 1. The summed E-state index contributed by atoms with van der Waals surface area (Å²) in [5.41, 5.74) is 1.35. The Morgan fingerprint density at radius 3 is 3.00 bits per heavy atom. The van der Waals surface area contributed by atoms with E-state index in [4.69, 9.17) is 4.74 Å². The van der Waals surface area contributed by atoms with Crippen molar-refractivity contribution in [3.8, 4) is 0 Å². The zero-order valence-corrected chi connectivity index (χ0v) is 10.2. The summed E-state index contributed by atoms with van der Waals surface area (Å²) in [7, 11) is 0. The van der Waals surface area contributed by atoms with E-state index in [1.54, 1.807) is 12.1 Å². The van der Waals surface area contributed by atoms with Gasteiger partial charge in [0.2, 0.25) is 0 Å². The SMILES string of the molecule is Cc1ccc(F)c(C(O)CC2CCCCO2)c1. The highest BCUT2D eigenvalue weighted by molar-refractivity contribution is 5.25. The topological polar surface area (TPSA) is 29.5 Å². The number of benzene rings is 1. The Morgan fingerprint density at radius 1 is 1.47 bits per heavy atom. The van der Waals surface area contributed by atoms with Crippen molar-refractivity contribution in [3.05, 3.63) is 35.1 Å². The van der Waals surface area contributed by atoms with Gasteiger partial charge in [-0.2, -0.15) is 0 Å². The zero-order valence-electron chi connectivity index (χ0n) is 10.2. The van der Waals surface area contributed by atoms with Crippen LogP contribution >= 0.6 is 0 Å². The molecule has 17 heavy (non-hydrogen) atoms. The van der Waals surface area contributed by atoms with Crippen molar-refractivity contribution in [2.45, 2.75) is 44.8 Å². The highest BCUT2D eigenvalue weighted by Gasteiger charge is 2.21. The van der Waals surface area contributed by atoms with Crippen LogP contribution < -0.4 is 0 Å². The molecule has 1 aliphatic heterocycles. The first-order valence-corrected chi connectivity index (χ1v) is 6.22. The van der Waals surface area contributed by atoms with Crippen LogP contribution in [0.5, 0.6) is 0 Å². The lowest BCUT2D eigenvalue weighted by Gasteiger charge is -2.25. The number of hydrogen-bond donors (Lipinski definition) is 1. The second-order valence-corrected chi connectivity index (χ2v) is 4.77. The molecule has 1 saturated heterocycles. The molecule has 0 aliphatic carbocycles. The van der Waals surface area contributed by atoms with Gasteiger partial charge in [0, 0.05) is 18.6 Å². The van der Waals surface area contributed by atoms with Crippen molar-refractivity contribution in [1.29, 1.82) is 0 Å². The number of hydrogen-bond acceptors (Lipinski definition) is 2. The largest absolute Gasteiger partial charge is 0.388 e. The van der Waals surface area contributed by atoms with Gasteiger partial charge in [0.15, 0.2) is 0 Å². The zero-order chi connectivity index (χ0) is 12.3. The van der Waals surface area contributed by atoms with Gasteiger partial charge < -0.3 is 9.84 Å². The molecular formula is C14H19FO2. The van der Waals surface area contributed by atoms with E-state index in [-0.39, 0.29) is 11.9 Å². The highest BCUT2D eigenvalue weighted by atomic mass is 19.1. The third-order valence-electron chi connectivity index (χ3n) is 3.27. The minimum Gasteiger partial charge on any atom is -0.388 e. The monoisotopic (exact) mass is 238 g/mol. The maximum absolute atomic E-state index is 13.6. The summed E-state index contributed by atoms with van der Waals surface area (Å²) in [6.07, 6.45) is 2.97. The lowest BCUT2D eigenvalue weighted by atomic mass is 9.97. The summed E-state index contributed by atoms with van der Waals surface area (Å²) in [5.74, 6) is -0.334.